The van der Waals surface area contributed by atoms with E-state index in [0.717, 1.165) is 37.7 Å². The van der Waals surface area contributed by atoms with Crippen molar-refractivity contribution in [3.8, 4) is 0 Å². The molecule has 5 aliphatic rings. The van der Waals surface area contributed by atoms with Crippen LogP contribution in [0, 0.1) is 50.7 Å². The molecule has 5 aliphatic carbocycles. The summed E-state index contributed by atoms with van der Waals surface area (Å²) >= 11 is 0. The van der Waals surface area contributed by atoms with Crippen molar-refractivity contribution in [3.63, 3.8) is 0 Å². The Morgan fingerprint density at radius 1 is 1.03 bits per heavy atom. The Kier molecular flexibility index (Phi) is 5.95. The number of rotatable bonds is 2. The first kappa shape index (κ1) is 26.9. The van der Waals surface area contributed by atoms with Crippen LogP contribution < -0.4 is 0 Å². The molecule has 0 aliphatic heterocycles. The fourth-order valence-electron chi connectivity index (χ4n) is 10.7. The van der Waals surface area contributed by atoms with Crippen LogP contribution in [0.3, 0.4) is 0 Å². The summed E-state index contributed by atoms with van der Waals surface area (Å²) in [5.74, 6) is -0.910. The number of esters is 1. The molecule has 11 atom stereocenters. The lowest BCUT2D eigenvalue weighted by molar-refractivity contribution is -0.240. The van der Waals surface area contributed by atoms with E-state index < -0.39 is 35.0 Å². The molecule has 0 unspecified atom stereocenters. The molecular formula is C31H46O6. The van der Waals surface area contributed by atoms with Crippen LogP contribution in [-0.4, -0.2) is 46.6 Å². The maximum Gasteiger partial charge on any atom is 0.314 e. The quantitative estimate of drug-likeness (QED) is 0.348. The zero-order valence-electron chi connectivity index (χ0n) is 23.5. The third-order valence-corrected chi connectivity index (χ3v) is 13.1. The Labute approximate surface area is 221 Å². The Morgan fingerprint density at radius 3 is 2.32 bits per heavy atom. The van der Waals surface area contributed by atoms with Crippen molar-refractivity contribution < 1.29 is 29.6 Å². The fraction of sp³-hybridized carbons (Fsp3) is 0.806. The monoisotopic (exact) mass is 514 g/mol. The lowest BCUT2D eigenvalue weighted by atomic mass is 9.33. The van der Waals surface area contributed by atoms with Gasteiger partial charge in [0.2, 0.25) is 0 Å². The van der Waals surface area contributed by atoms with Gasteiger partial charge >= 0.3 is 11.9 Å². The highest BCUT2D eigenvalue weighted by molar-refractivity contribution is 5.78. The first-order valence-electron chi connectivity index (χ1n) is 14.2. The molecule has 206 valence electrons. The highest BCUT2D eigenvalue weighted by Crippen LogP contribution is 2.75. The van der Waals surface area contributed by atoms with E-state index in [4.69, 9.17) is 4.74 Å². The third-order valence-electron chi connectivity index (χ3n) is 13.1. The van der Waals surface area contributed by atoms with Crippen molar-refractivity contribution in [2.45, 2.75) is 98.2 Å². The molecule has 0 radical (unpaired) electrons. The molecular weight excluding hydrogens is 468 g/mol. The van der Waals surface area contributed by atoms with Crippen LogP contribution in [-0.2, 0) is 14.3 Å². The Morgan fingerprint density at radius 2 is 1.70 bits per heavy atom. The van der Waals surface area contributed by atoms with Crippen LogP contribution >= 0.6 is 0 Å². The number of ether oxygens (including phenoxy) is 1. The number of aliphatic hydroxyl groups is 2. The van der Waals surface area contributed by atoms with Gasteiger partial charge in [-0.15, -0.1) is 0 Å². The molecule has 0 aromatic rings. The third kappa shape index (κ3) is 3.06. The van der Waals surface area contributed by atoms with Gasteiger partial charge in [-0.3, -0.25) is 9.59 Å². The molecule has 4 saturated carbocycles. The number of hydrogen-bond donors (Lipinski definition) is 3. The smallest absolute Gasteiger partial charge is 0.314 e. The molecule has 3 N–H and O–H groups in total. The molecule has 0 bridgehead atoms. The predicted molar refractivity (Wildman–Crippen MR) is 140 cm³/mol. The Balaban J connectivity index is 1.63. The molecule has 0 amide bonds. The average molecular weight is 515 g/mol. The summed E-state index contributed by atoms with van der Waals surface area (Å²) in [7, 11) is 1.36. The van der Waals surface area contributed by atoms with Crippen LogP contribution in [0.4, 0.5) is 0 Å². The van der Waals surface area contributed by atoms with E-state index in [-0.39, 0.29) is 34.0 Å². The Bertz CT molecular complexity index is 1060. The molecule has 0 heterocycles. The largest absolute Gasteiger partial charge is 0.481 e. The first-order valence-corrected chi connectivity index (χ1v) is 14.2. The minimum Gasteiger partial charge on any atom is -0.481 e. The lowest BCUT2D eigenvalue weighted by Crippen LogP contribution is -2.69. The number of aliphatic carboxylic acids is 1. The molecule has 37 heavy (non-hydrogen) atoms. The standard InChI is InChI=1S/C31H46O6/c1-17-10-13-31(25(34)35)15-14-28(4)19(23(31)18(17)2)8-9-21-27(3)16-20(32)24(33)30(6,26(36)37-7)22(27)11-12-29(21,28)5/h8,17,20-24,32-33H,2,9-16H2,1,3-7H3,(H,34,35)/t17-,20-,21-,22-,23+,24+,27-,28-,29-,30+,31+/m1/s1. The van der Waals surface area contributed by atoms with Crippen molar-refractivity contribution in [2.24, 2.45) is 50.7 Å². The summed E-state index contributed by atoms with van der Waals surface area (Å²) in [6.45, 7) is 15.4. The molecule has 0 aromatic carbocycles. The number of hydrogen-bond acceptors (Lipinski definition) is 5. The molecule has 4 fully saturated rings. The number of carboxylic acids is 1. The van der Waals surface area contributed by atoms with Crippen LogP contribution in [0.2, 0.25) is 0 Å². The van der Waals surface area contributed by atoms with Crippen molar-refractivity contribution in [2.75, 3.05) is 7.11 Å². The first-order chi connectivity index (χ1) is 17.1. The zero-order chi connectivity index (χ0) is 27.3. The van der Waals surface area contributed by atoms with Crippen LogP contribution in [0.5, 0.6) is 0 Å². The highest BCUT2D eigenvalue weighted by atomic mass is 16.5. The lowest BCUT2D eigenvalue weighted by Gasteiger charge is -2.71. The van der Waals surface area contributed by atoms with Crippen molar-refractivity contribution >= 4 is 11.9 Å². The molecule has 6 nitrogen and oxygen atoms in total. The van der Waals surface area contributed by atoms with Gasteiger partial charge in [0.1, 0.15) is 0 Å². The van der Waals surface area contributed by atoms with Gasteiger partial charge in [-0.05, 0) is 92.3 Å². The summed E-state index contributed by atoms with van der Waals surface area (Å²) in [6.07, 6.45) is 6.06. The van der Waals surface area contributed by atoms with E-state index in [1.54, 1.807) is 6.92 Å². The number of methoxy groups -OCH3 is 1. The van der Waals surface area contributed by atoms with Crippen LogP contribution in [0.1, 0.15) is 86.0 Å². The van der Waals surface area contributed by atoms with Gasteiger partial charge < -0.3 is 20.1 Å². The molecule has 0 saturated heterocycles. The number of allylic oxidation sites excluding steroid dienone is 3. The molecule has 6 heteroatoms. The van der Waals surface area contributed by atoms with E-state index in [0.29, 0.717) is 25.2 Å². The van der Waals surface area contributed by atoms with E-state index in [2.05, 4.69) is 40.3 Å². The fourth-order valence-corrected chi connectivity index (χ4v) is 10.7. The van der Waals surface area contributed by atoms with Gasteiger partial charge in [0.05, 0.1) is 30.1 Å². The molecule has 0 spiro atoms. The zero-order valence-corrected chi connectivity index (χ0v) is 23.5. The number of aliphatic hydroxyl groups excluding tert-OH is 2. The summed E-state index contributed by atoms with van der Waals surface area (Å²) in [6, 6.07) is 0. The number of carbonyl (C=O) groups excluding carboxylic acids is 1. The van der Waals surface area contributed by atoms with Gasteiger partial charge in [-0.1, -0.05) is 51.5 Å². The second-order valence-electron chi connectivity index (χ2n) is 14.2. The van der Waals surface area contributed by atoms with E-state index in [1.807, 2.05) is 0 Å². The second-order valence-corrected chi connectivity index (χ2v) is 14.2. The topological polar surface area (TPSA) is 104 Å². The minimum atomic E-state index is -1.18. The molecule has 5 rings (SSSR count). The number of carbonyl (C=O) groups is 2. The second kappa shape index (κ2) is 8.17. The van der Waals surface area contributed by atoms with Crippen molar-refractivity contribution in [1.29, 1.82) is 0 Å². The highest BCUT2D eigenvalue weighted by Gasteiger charge is 2.72. The van der Waals surface area contributed by atoms with Gasteiger partial charge in [0, 0.05) is 5.92 Å². The summed E-state index contributed by atoms with van der Waals surface area (Å²) in [5.41, 5.74) is -0.312. The van der Waals surface area contributed by atoms with Gasteiger partial charge in [0.15, 0.2) is 0 Å². The number of fused-ring (bicyclic) bond motifs is 7. The van der Waals surface area contributed by atoms with Crippen LogP contribution in [0.25, 0.3) is 0 Å². The van der Waals surface area contributed by atoms with E-state index >= 15 is 0 Å². The normalized spacial score (nSPS) is 53.1. The van der Waals surface area contributed by atoms with Crippen molar-refractivity contribution in [1.82, 2.24) is 0 Å². The van der Waals surface area contributed by atoms with E-state index in [9.17, 15) is 24.9 Å². The maximum absolute atomic E-state index is 13.1. The average Bonchev–Trinajstić information content (AvgIpc) is 2.84. The minimum absolute atomic E-state index is 0.117. The predicted octanol–water partition coefficient (Wildman–Crippen LogP) is 5.13. The Hall–Kier alpha value is -1.66. The van der Waals surface area contributed by atoms with E-state index in [1.165, 1.54) is 12.7 Å². The van der Waals surface area contributed by atoms with Gasteiger partial charge in [0.25, 0.3) is 0 Å². The van der Waals surface area contributed by atoms with Crippen molar-refractivity contribution in [3.05, 3.63) is 23.8 Å². The summed E-state index contributed by atoms with van der Waals surface area (Å²) in [4.78, 5) is 25.9. The van der Waals surface area contributed by atoms with Gasteiger partial charge in [-0.2, -0.15) is 0 Å². The SMILES string of the molecule is C=C1[C@H]2C3=CC[C@@H]4[C@@]5(C)C[C@@H](O)[C@H](O)[C@@](C)(C(=O)OC)[C@@H]5CC[C@@]4(C)[C@]3(C)CC[C@@]2(C(=O)O)CC[C@H]1C. The molecule has 0 aromatic heterocycles. The number of carboxylic acid groups (broad SMARTS) is 1. The van der Waals surface area contributed by atoms with Gasteiger partial charge in [-0.25, -0.2) is 0 Å². The maximum atomic E-state index is 13.1. The summed E-state index contributed by atoms with van der Waals surface area (Å²) < 4.78 is 5.20. The summed E-state index contributed by atoms with van der Waals surface area (Å²) in [5, 5.41) is 32.7. The van der Waals surface area contributed by atoms with Crippen LogP contribution in [0.15, 0.2) is 23.8 Å².